The van der Waals surface area contributed by atoms with E-state index in [1.165, 1.54) is 31.5 Å². The van der Waals surface area contributed by atoms with Gasteiger partial charge in [0, 0.05) is 25.4 Å². The molecule has 2 aromatic carbocycles. The number of aromatic nitrogens is 3. The van der Waals surface area contributed by atoms with E-state index in [9.17, 15) is 4.79 Å². The summed E-state index contributed by atoms with van der Waals surface area (Å²) in [7, 11) is 0. The molecule has 1 aliphatic heterocycles. The van der Waals surface area contributed by atoms with Gasteiger partial charge in [-0.15, -0.1) is 0 Å². The molecule has 0 spiro atoms. The van der Waals surface area contributed by atoms with Crippen molar-refractivity contribution in [2.24, 2.45) is 0 Å². The van der Waals surface area contributed by atoms with Gasteiger partial charge >= 0.3 is 0 Å². The van der Waals surface area contributed by atoms with Crippen LogP contribution in [0.25, 0.3) is 16.8 Å². The lowest BCUT2D eigenvalue weighted by molar-refractivity contribution is 0.0949. The van der Waals surface area contributed by atoms with Crippen LogP contribution < -0.4 is 5.32 Å². The largest absolute Gasteiger partial charge is 0.348 e. The number of nitrogens with zero attached hydrogens (tertiary/aromatic N) is 4. The molecule has 6 nitrogen and oxygen atoms in total. The maximum Gasteiger partial charge on any atom is 0.254 e. The molecule has 168 valence electrons. The van der Waals surface area contributed by atoms with E-state index in [-0.39, 0.29) is 5.91 Å². The zero-order valence-corrected chi connectivity index (χ0v) is 19.2. The minimum atomic E-state index is -0.147. The van der Waals surface area contributed by atoms with Gasteiger partial charge in [-0.25, -0.2) is 9.50 Å². The molecular weight excluding hydrogens is 410 g/mol. The van der Waals surface area contributed by atoms with Gasteiger partial charge in [0.05, 0.1) is 17.0 Å². The maximum absolute atomic E-state index is 12.9. The van der Waals surface area contributed by atoms with Gasteiger partial charge in [-0.2, -0.15) is 5.10 Å². The molecule has 3 heterocycles. The first kappa shape index (κ1) is 21.3. The average Bonchev–Trinajstić information content (AvgIpc) is 3.48. The van der Waals surface area contributed by atoms with Crippen molar-refractivity contribution in [2.75, 3.05) is 13.1 Å². The van der Waals surface area contributed by atoms with Gasteiger partial charge in [0.1, 0.15) is 0 Å². The van der Waals surface area contributed by atoms with Gasteiger partial charge in [-0.3, -0.25) is 9.69 Å². The highest BCUT2D eigenvalue weighted by Crippen LogP contribution is 2.25. The number of nitrogens with one attached hydrogen (secondary N) is 1. The lowest BCUT2D eigenvalue weighted by Gasteiger charge is -2.15. The molecule has 0 atom stereocenters. The highest BCUT2D eigenvalue weighted by molar-refractivity contribution is 5.95. The molecule has 0 unspecified atom stereocenters. The Balaban J connectivity index is 1.31. The summed E-state index contributed by atoms with van der Waals surface area (Å²) in [6.07, 6.45) is 4.25. The highest BCUT2D eigenvalue weighted by atomic mass is 16.1. The normalized spacial score (nSPS) is 14.1. The van der Waals surface area contributed by atoms with Crippen molar-refractivity contribution in [1.29, 1.82) is 0 Å². The lowest BCUT2D eigenvalue weighted by atomic mass is 9.98. The van der Waals surface area contributed by atoms with E-state index in [1.807, 2.05) is 32.0 Å². The van der Waals surface area contributed by atoms with Crippen LogP contribution in [0.5, 0.6) is 0 Å². The summed E-state index contributed by atoms with van der Waals surface area (Å²) in [6.45, 7) is 7.68. The van der Waals surface area contributed by atoms with E-state index in [0.29, 0.717) is 12.1 Å². The van der Waals surface area contributed by atoms with Crippen LogP contribution in [-0.4, -0.2) is 38.5 Å². The second-order valence-corrected chi connectivity index (χ2v) is 8.83. The molecular formula is C27H29N5O. The van der Waals surface area contributed by atoms with Crippen molar-refractivity contribution in [3.63, 3.8) is 0 Å². The zero-order valence-electron chi connectivity index (χ0n) is 19.2. The minimum Gasteiger partial charge on any atom is -0.348 e. The predicted octanol–water partition coefficient (Wildman–Crippen LogP) is 4.54. The maximum atomic E-state index is 12.9. The van der Waals surface area contributed by atoms with E-state index in [0.717, 1.165) is 40.3 Å². The van der Waals surface area contributed by atoms with Crippen LogP contribution in [0.2, 0.25) is 0 Å². The monoisotopic (exact) mass is 439 g/mol. The first-order valence-electron chi connectivity index (χ1n) is 11.6. The number of carbonyl (C=O) groups is 1. The molecule has 1 amide bonds. The first-order valence-corrected chi connectivity index (χ1v) is 11.6. The van der Waals surface area contributed by atoms with Crippen LogP contribution >= 0.6 is 0 Å². The third-order valence-corrected chi connectivity index (χ3v) is 6.42. The fraction of sp³-hybridized carbons (Fsp3) is 0.296. The summed E-state index contributed by atoms with van der Waals surface area (Å²) < 4.78 is 1.72. The molecule has 1 saturated heterocycles. The third kappa shape index (κ3) is 4.52. The van der Waals surface area contributed by atoms with Crippen LogP contribution in [0.3, 0.4) is 0 Å². The molecule has 0 bridgehead atoms. The van der Waals surface area contributed by atoms with Crippen LogP contribution in [0, 0.1) is 13.8 Å². The standard InChI is InChI=1S/C27H29N5O/c1-19-15-26-28-17-25(20(2)32(26)30-19)27(33)29-16-23-7-3-4-8-24(23)22-11-9-21(10-12-22)18-31-13-5-6-14-31/h3-4,7-12,15,17H,5-6,13-14,16,18H2,1-2H3,(H,29,33). The molecule has 0 saturated carbocycles. The second kappa shape index (κ2) is 9.16. The summed E-state index contributed by atoms with van der Waals surface area (Å²) in [6, 6.07) is 19.0. The SMILES string of the molecule is Cc1cc2ncc(C(=O)NCc3ccccc3-c3ccc(CN4CCCC4)cc3)c(C)n2n1. The number of likely N-dealkylation sites (tertiary alicyclic amines) is 1. The number of rotatable bonds is 6. The molecule has 1 fully saturated rings. The molecule has 33 heavy (non-hydrogen) atoms. The van der Waals surface area contributed by atoms with E-state index >= 15 is 0 Å². The number of aryl methyl sites for hydroxylation is 2. The summed E-state index contributed by atoms with van der Waals surface area (Å²) in [5.41, 5.74) is 7.68. The van der Waals surface area contributed by atoms with Gasteiger partial charge in [0.15, 0.2) is 5.65 Å². The van der Waals surface area contributed by atoms with Gasteiger partial charge < -0.3 is 5.32 Å². The van der Waals surface area contributed by atoms with E-state index in [4.69, 9.17) is 0 Å². The Morgan fingerprint density at radius 2 is 1.79 bits per heavy atom. The number of amides is 1. The minimum absolute atomic E-state index is 0.147. The second-order valence-electron chi connectivity index (χ2n) is 8.83. The summed E-state index contributed by atoms with van der Waals surface area (Å²) in [5, 5.41) is 7.51. The van der Waals surface area contributed by atoms with Gasteiger partial charge in [-0.1, -0.05) is 48.5 Å². The number of hydrogen-bond donors (Lipinski definition) is 1. The Bertz CT molecular complexity index is 1290. The van der Waals surface area contributed by atoms with Crippen molar-refractivity contribution >= 4 is 11.6 Å². The van der Waals surface area contributed by atoms with Crippen molar-refractivity contribution in [1.82, 2.24) is 24.8 Å². The molecule has 1 N–H and O–H groups in total. The van der Waals surface area contributed by atoms with E-state index in [2.05, 4.69) is 56.7 Å². The van der Waals surface area contributed by atoms with Crippen molar-refractivity contribution in [3.8, 4) is 11.1 Å². The number of fused-ring (bicyclic) bond motifs is 1. The Kier molecular flexibility index (Phi) is 5.92. The third-order valence-electron chi connectivity index (χ3n) is 6.42. The zero-order chi connectivity index (χ0) is 22.8. The van der Waals surface area contributed by atoms with Crippen LogP contribution in [0.15, 0.2) is 60.8 Å². The fourth-order valence-electron chi connectivity index (χ4n) is 4.60. The molecule has 0 aliphatic carbocycles. The van der Waals surface area contributed by atoms with Crippen LogP contribution in [-0.2, 0) is 13.1 Å². The van der Waals surface area contributed by atoms with Crippen LogP contribution in [0.1, 0.15) is 45.7 Å². The molecule has 4 aromatic rings. The Morgan fingerprint density at radius 3 is 2.58 bits per heavy atom. The lowest BCUT2D eigenvalue weighted by Crippen LogP contribution is -2.25. The average molecular weight is 440 g/mol. The fourth-order valence-corrected chi connectivity index (χ4v) is 4.60. The number of hydrogen-bond acceptors (Lipinski definition) is 4. The molecule has 6 heteroatoms. The van der Waals surface area contributed by atoms with Crippen molar-refractivity contribution in [2.45, 2.75) is 39.8 Å². The van der Waals surface area contributed by atoms with Gasteiger partial charge in [0.25, 0.3) is 5.91 Å². The van der Waals surface area contributed by atoms with E-state index < -0.39 is 0 Å². The van der Waals surface area contributed by atoms with Crippen molar-refractivity contribution in [3.05, 3.63) is 88.9 Å². The summed E-state index contributed by atoms with van der Waals surface area (Å²) in [5.74, 6) is -0.147. The smallest absolute Gasteiger partial charge is 0.254 e. The highest BCUT2D eigenvalue weighted by Gasteiger charge is 2.15. The molecule has 5 rings (SSSR count). The number of carbonyl (C=O) groups excluding carboxylic acids is 1. The van der Waals surface area contributed by atoms with Crippen LogP contribution in [0.4, 0.5) is 0 Å². The van der Waals surface area contributed by atoms with Crippen molar-refractivity contribution < 1.29 is 4.79 Å². The Hall–Kier alpha value is -3.51. The van der Waals surface area contributed by atoms with E-state index in [1.54, 1.807) is 10.7 Å². The van der Waals surface area contributed by atoms with Gasteiger partial charge in [0.2, 0.25) is 0 Å². The number of benzene rings is 2. The summed E-state index contributed by atoms with van der Waals surface area (Å²) in [4.78, 5) is 19.8. The Morgan fingerprint density at radius 1 is 1.03 bits per heavy atom. The quantitative estimate of drug-likeness (QED) is 0.479. The first-order chi connectivity index (χ1) is 16.1. The molecule has 0 radical (unpaired) electrons. The predicted molar refractivity (Wildman–Crippen MR) is 130 cm³/mol. The van der Waals surface area contributed by atoms with Gasteiger partial charge in [-0.05, 0) is 62.0 Å². The molecule has 2 aromatic heterocycles. The topological polar surface area (TPSA) is 62.5 Å². The summed E-state index contributed by atoms with van der Waals surface area (Å²) >= 11 is 0. The molecule has 1 aliphatic rings. The Labute approximate surface area is 194 Å².